The number of hydrogen-bond donors (Lipinski definition) is 2. The molecular formula is C23H28N2O2. The zero-order valence-electron chi connectivity index (χ0n) is 16.0. The lowest BCUT2D eigenvalue weighted by Gasteiger charge is -2.24. The summed E-state index contributed by atoms with van der Waals surface area (Å²) in [5, 5.41) is 4.98. The Morgan fingerprint density at radius 2 is 1.93 bits per heavy atom. The van der Waals surface area contributed by atoms with Gasteiger partial charge in [0, 0.05) is 36.9 Å². The fourth-order valence-electron chi connectivity index (χ4n) is 3.67. The molecule has 0 amide bonds. The smallest absolute Gasteiger partial charge is 0.0717 e. The lowest BCUT2D eigenvalue weighted by molar-refractivity contribution is 0.0904. The molecule has 27 heavy (non-hydrogen) atoms. The van der Waals surface area contributed by atoms with E-state index in [4.69, 9.17) is 9.47 Å². The SMILES string of the molecule is CCCOCc1cc(NC2CCOCC2)c2[nH]c(-c3ccccc3)cc2c1. The number of benzene rings is 2. The first-order valence-electron chi connectivity index (χ1n) is 9.96. The van der Waals surface area contributed by atoms with E-state index in [-0.39, 0.29) is 0 Å². The molecule has 1 aromatic heterocycles. The summed E-state index contributed by atoms with van der Waals surface area (Å²) in [6.45, 7) is 5.25. The summed E-state index contributed by atoms with van der Waals surface area (Å²) in [4.78, 5) is 3.63. The van der Waals surface area contributed by atoms with Gasteiger partial charge in [0.05, 0.1) is 17.8 Å². The van der Waals surface area contributed by atoms with Crippen molar-refractivity contribution in [2.75, 3.05) is 25.1 Å². The predicted molar refractivity (Wildman–Crippen MR) is 111 cm³/mol. The van der Waals surface area contributed by atoms with Crippen molar-refractivity contribution in [1.82, 2.24) is 4.98 Å². The van der Waals surface area contributed by atoms with E-state index in [0.29, 0.717) is 12.6 Å². The molecule has 0 spiro atoms. The van der Waals surface area contributed by atoms with Gasteiger partial charge in [-0.2, -0.15) is 0 Å². The van der Waals surface area contributed by atoms with Gasteiger partial charge in [0.15, 0.2) is 0 Å². The van der Waals surface area contributed by atoms with Crippen molar-refractivity contribution in [2.24, 2.45) is 0 Å². The largest absolute Gasteiger partial charge is 0.381 e. The zero-order chi connectivity index (χ0) is 18.5. The van der Waals surface area contributed by atoms with Crippen molar-refractivity contribution in [2.45, 2.75) is 38.8 Å². The molecule has 4 heteroatoms. The summed E-state index contributed by atoms with van der Waals surface area (Å²) in [5.74, 6) is 0. The third-order valence-corrected chi connectivity index (χ3v) is 5.07. The second-order valence-corrected chi connectivity index (χ2v) is 7.24. The summed E-state index contributed by atoms with van der Waals surface area (Å²) in [7, 11) is 0. The van der Waals surface area contributed by atoms with Gasteiger partial charge < -0.3 is 19.8 Å². The van der Waals surface area contributed by atoms with Gasteiger partial charge in [-0.25, -0.2) is 0 Å². The molecule has 1 saturated heterocycles. The number of ether oxygens (including phenoxy) is 2. The Labute approximate surface area is 160 Å². The molecule has 0 unspecified atom stereocenters. The fourth-order valence-corrected chi connectivity index (χ4v) is 3.67. The van der Waals surface area contributed by atoms with Gasteiger partial charge in [-0.3, -0.25) is 0 Å². The van der Waals surface area contributed by atoms with Gasteiger partial charge in [0.25, 0.3) is 0 Å². The normalized spacial score (nSPS) is 15.3. The van der Waals surface area contributed by atoms with E-state index in [1.165, 1.54) is 22.0 Å². The van der Waals surface area contributed by atoms with Crippen LogP contribution >= 0.6 is 0 Å². The van der Waals surface area contributed by atoms with Crippen LogP contribution in [0.2, 0.25) is 0 Å². The van der Waals surface area contributed by atoms with Crippen LogP contribution in [0.5, 0.6) is 0 Å². The molecule has 1 aliphatic rings. The third kappa shape index (κ3) is 4.34. The molecule has 1 aliphatic heterocycles. The second-order valence-electron chi connectivity index (χ2n) is 7.24. The van der Waals surface area contributed by atoms with Crippen LogP contribution in [0.15, 0.2) is 48.5 Å². The number of fused-ring (bicyclic) bond motifs is 1. The van der Waals surface area contributed by atoms with Crippen LogP contribution in [-0.4, -0.2) is 30.8 Å². The Bertz CT molecular complexity index is 867. The van der Waals surface area contributed by atoms with Crippen molar-refractivity contribution in [3.05, 3.63) is 54.1 Å². The predicted octanol–water partition coefficient (Wildman–Crippen LogP) is 5.35. The molecule has 0 bridgehead atoms. The monoisotopic (exact) mass is 364 g/mol. The number of rotatable bonds is 7. The zero-order valence-corrected chi connectivity index (χ0v) is 16.0. The van der Waals surface area contributed by atoms with Gasteiger partial charge in [-0.15, -0.1) is 0 Å². The Balaban J connectivity index is 1.68. The molecule has 0 saturated carbocycles. The Kier molecular flexibility index (Phi) is 5.75. The fraction of sp³-hybridized carbons (Fsp3) is 0.391. The lowest BCUT2D eigenvalue weighted by atomic mass is 10.1. The molecule has 2 heterocycles. The summed E-state index contributed by atoms with van der Waals surface area (Å²) < 4.78 is 11.3. The second kappa shape index (κ2) is 8.59. The first-order chi connectivity index (χ1) is 13.3. The van der Waals surface area contributed by atoms with Crippen LogP contribution in [0.4, 0.5) is 5.69 Å². The van der Waals surface area contributed by atoms with E-state index < -0.39 is 0 Å². The quantitative estimate of drug-likeness (QED) is 0.555. The van der Waals surface area contributed by atoms with Gasteiger partial charge in [-0.05, 0) is 48.6 Å². The van der Waals surface area contributed by atoms with Crippen molar-refractivity contribution in [3.8, 4) is 11.3 Å². The molecule has 0 atom stereocenters. The molecule has 4 nitrogen and oxygen atoms in total. The topological polar surface area (TPSA) is 46.3 Å². The van der Waals surface area contributed by atoms with Gasteiger partial charge in [0.2, 0.25) is 0 Å². The minimum absolute atomic E-state index is 0.456. The van der Waals surface area contributed by atoms with E-state index in [1.807, 2.05) is 6.07 Å². The molecule has 2 aromatic carbocycles. The number of anilines is 1. The third-order valence-electron chi connectivity index (χ3n) is 5.07. The van der Waals surface area contributed by atoms with E-state index in [0.717, 1.165) is 50.5 Å². The summed E-state index contributed by atoms with van der Waals surface area (Å²) >= 11 is 0. The van der Waals surface area contributed by atoms with Gasteiger partial charge in [0.1, 0.15) is 0 Å². The molecule has 4 rings (SSSR count). The average Bonchev–Trinajstić information content (AvgIpc) is 3.14. The maximum absolute atomic E-state index is 5.80. The summed E-state index contributed by atoms with van der Waals surface area (Å²) in [6, 6.07) is 17.6. The van der Waals surface area contributed by atoms with Gasteiger partial charge >= 0.3 is 0 Å². The first-order valence-corrected chi connectivity index (χ1v) is 9.96. The summed E-state index contributed by atoms with van der Waals surface area (Å²) in [6.07, 6.45) is 3.13. The van der Waals surface area contributed by atoms with Crippen LogP contribution in [0.1, 0.15) is 31.7 Å². The number of aromatic amines is 1. The average molecular weight is 364 g/mol. The maximum Gasteiger partial charge on any atom is 0.0717 e. The maximum atomic E-state index is 5.80. The molecule has 0 aliphatic carbocycles. The Morgan fingerprint density at radius 1 is 1.11 bits per heavy atom. The van der Waals surface area contributed by atoms with Crippen LogP contribution in [0, 0.1) is 0 Å². The number of hydrogen-bond acceptors (Lipinski definition) is 3. The first kappa shape index (κ1) is 18.1. The Morgan fingerprint density at radius 3 is 2.70 bits per heavy atom. The van der Waals surface area contributed by atoms with E-state index in [1.54, 1.807) is 0 Å². The van der Waals surface area contributed by atoms with E-state index in [9.17, 15) is 0 Å². The minimum atomic E-state index is 0.456. The lowest BCUT2D eigenvalue weighted by Crippen LogP contribution is -2.28. The molecule has 2 N–H and O–H groups in total. The number of aromatic nitrogens is 1. The molecule has 142 valence electrons. The van der Waals surface area contributed by atoms with Crippen LogP contribution in [0.25, 0.3) is 22.2 Å². The molecule has 0 radical (unpaired) electrons. The van der Waals surface area contributed by atoms with Gasteiger partial charge in [-0.1, -0.05) is 37.3 Å². The molecule has 3 aromatic rings. The number of H-pyrrole nitrogens is 1. The van der Waals surface area contributed by atoms with Crippen molar-refractivity contribution >= 4 is 16.6 Å². The van der Waals surface area contributed by atoms with Crippen molar-refractivity contribution in [1.29, 1.82) is 0 Å². The highest BCUT2D eigenvalue weighted by atomic mass is 16.5. The summed E-state index contributed by atoms with van der Waals surface area (Å²) in [5.41, 5.74) is 5.89. The van der Waals surface area contributed by atoms with Crippen molar-refractivity contribution in [3.63, 3.8) is 0 Å². The van der Waals surface area contributed by atoms with Crippen LogP contribution in [0.3, 0.4) is 0 Å². The number of nitrogens with one attached hydrogen (secondary N) is 2. The van der Waals surface area contributed by atoms with Crippen molar-refractivity contribution < 1.29 is 9.47 Å². The van der Waals surface area contributed by atoms with E-state index >= 15 is 0 Å². The molecule has 1 fully saturated rings. The Hall–Kier alpha value is -2.30. The minimum Gasteiger partial charge on any atom is -0.381 e. The van der Waals surface area contributed by atoms with Crippen LogP contribution in [-0.2, 0) is 16.1 Å². The van der Waals surface area contributed by atoms with Crippen LogP contribution < -0.4 is 5.32 Å². The highest BCUT2D eigenvalue weighted by Crippen LogP contribution is 2.31. The molecular weight excluding hydrogens is 336 g/mol. The highest BCUT2D eigenvalue weighted by molar-refractivity contribution is 5.95. The highest BCUT2D eigenvalue weighted by Gasteiger charge is 2.16. The standard InChI is InChI=1S/C23H28N2O2/c1-2-10-27-16-17-13-19-15-21(18-6-4-3-5-7-18)25-23(19)22(14-17)24-20-8-11-26-12-9-20/h3-7,13-15,20,24-25H,2,8-12,16H2,1H3. The van der Waals surface area contributed by atoms with E-state index in [2.05, 4.69) is 59.7 Å².